The highest BCUT2D eigenvalue weighted by molar-refractivity contribution is 7.92. The van der Waals surface area contributed by atoms with Gasteiger partial charge >= 0.3 is 0 Å². The van der Waals surface area contributed by atoms with Gasteiger partial charge in [0, 0.05) is 12.1 Å². The molecule has 1 aromatic carbocycles. The maximum Gasteiger partial charge on any atom is 0.265 e. The first-order chi connectivity index (χ1) is 8.81. The number of aromatic amines is 1. The van der Waals surface area contributed by atoms with Crippen molar-refractivity contribution in [2.45, 2.75) is 11.8 Å². The van der Waals surface area contributed by atoms with Crippen LogP contribution in [0.25, 0.3) is 0 Å². The van der Waals surface area contributed by atoms with E-state index in [-0.39, 0.29) is 16.7 Å². The second kappa shape index (κ2) is 4.57. The highest BCUT2D eigenvalue weighted by Crippen LogP contribution is 2.22. The maximum absolute atomic E-state index is 13.3. The first-order valence-corrected chi connectivity index (χ1v) is 6.47. The molecule has 0 aliphatic carbocycles. The summed E-state index contributed by atoms with van der Waals surface area (Å²) in [7, 11) is -4.13. The molecule has 1 aromatic heterocycles. The number of nitrogens with one attached hydrogen (secondary N) is 2. The molecule has 0 aliphatic rings. The zero-order valence-electron chi connectivity index (χ0n) is 9.54. The molecule has 0 unspecified atom stereocenters. The predicted octanol–water partition coefficient (Wildman–Crippen LogP) is 1.94. The highest BCUT2D eigenvalue weighted by atomic mass is 32.2. The molecule has 0 atom stereocenters. The summed E-state index contributed by atoms with van der Waals surface area (Å²) in [5, 5.41) is 5.91. The number of hydrogen-bond acceptors (Lipinski definition) is 3. The number of H-pyrrole nitrogens is 1. The van der Waals surface area contributed by atoms with Crippen LogP contribution < -0.4 is 4.72 Å². The van der Waals surface area contributed by atoms with Crippen molar-refractivity contribution in [2.24, 2.45) is 0 Å². The lowest BCUT2D eigenvalue weighted by molar-refractivity contribution is 0.496. The smallest absolute Gasteiger partial charge is 0.265 e. The molecule has 9 heteroatoms. The van der Waals surface area contributed by atoms with Crippen molar-refractivity contribution in [2.75, 3.05) is 4.72 Å². The Hall–Kier alpha value is -2.03. The van der Waals surface area contributed by atoms with Gasteiger partial charge in [-0.2, -0.15) is 5.10 Å². The topological polar surface area (TPSA) is 74.8 Å². The first kappa shape index (κ1) is 13.4. The molecule has 0 aliphatic heterocycles. The number of nitrogens with zero attached hydrogens (tertiary/aromatic N) is 1. The van der Waals surface area contributed by atoms with Crippen LogP contribution in [0.15, 0.2) is 23.2 Å². The van der Waals surface area contributed by atoms with Crippen LogP contribution in [0, 0.1) is 24.4 Å². The molecule has 19 heavy (non-hydrogen) atoms. The van der Waals surface area contributed by atoms with E-state index in [1.54, 1.807) is 0 Å². The van der Waals surface area contributed by atoms with Crippen molar-refractivity contribution in [1.82, 2.24) is 10.2 Å². The van der Waals surface area contributed by atoms with Crippen LogP contribution in [-0.4, -0.2) is 18.6 Å². The monoisotopic (exact) mass is 291 g/mol. The van der Waals surface area contributed by atoms with Gasteiger partial charge in [0.25, 0.3) is 10.0 Å². The van der Waals surface area contributed by atoms with Crippen molar-refractivity contribution < 1.29 is 21.6 Å². The summed E-state index contributed by atoms with van der Waals surface area (Å²) in [6, 6.07) is 0.688. The van der Waals surface area contributed by atoms with Gasteiger partial charge in [-0.25, -0.2) is 21.6 Å². The standard InChI is InChI=1S/C10H8F3N3O2S/c1-5-10(4-14-15-5)19(17,18)16-9-3-7(12)6(11)2-8(9)13/h2-4,16H,1H3,(H,14,15). The lowest BCUT2D eigenvalue weighted by Gasteiger charge is -2.08. The third-order valence-electron chi connectivity index (χ3n) is 2.33. The maximum atomic E-state index is 13.3. The molecule has 0 saturated heterocycles. The van der Waals surface area contributed by atoms with Gasteiger partial charge in [0.2, 0.25) is 0 Å². The summed E-state index contributed by atoms with van der Waals surface area (Å²) in [6.07, 6.45) is 1.02. The molecule has 0 saturated carbocycles. The molecule has 2 rings (SSSR count). The molecule has 2 aromatic rings. The third-order valence-corrected chi connectivity index (χ3v) is 3.81. The van der Waals surface area contributed by atoms with Crippen molar-refractivity contribution in [3.63, 3.8) is 0 Å². The van der Waals surface area contributed by atoms with Crippen LogP contribution in [0.4, 0.5) is 18.9 Å². The number of sulfonamides is 1. The van der Waals surface area contributed by atoms with Crippen molar-refractivity contribution in [3.05, 3.63) is 41.5 Å². The number of halogens is 3. The Kier molecular flexibility index (Phi) is 3.23. The average Bonchev–Trinajstić information content (AvgIpc) is 2.73. The Bertz CT molecular complexity index is 728. The van der Waals surface area contributed by atoms with Gasteiger partial charge in [-0.3, -0.25) is 9.82 Å². The van der Waals surface area contributed by atoms with E-state index in [0.717, 1.165) is 6.20 Å². The normalized spacial score (nSPS) is 11.6. The molecular formula is C10H8F3N3O2S. The lowest BCUT2D eigenvalue weighted by atomic mass is 10.3. The average molecular weight is 291 g/mol. The fourth-order valence-corrected chi connectivity index (χ4v) is 2.61. The number of aryl methyl sites for hydroxylation is 1. The van der Waals surface area contributed by atoms with E-state index >= 15 is 0 Å². The van der Waals surface area contributed by atoms with Gasteiger partial charge < -0.3 is 0 Å². The van der Waals surface area contributed by atoms with E-state index in [1.165, 1.54) is 6.92 Å². The SMILES string of the molecule is Cc1[nH]ncc1S(=O)(=O)Nc1cc(F)c(F)cc1F. The van der Waals surface area contributed by atoms with E-state index < -0.39 is 33.2 Å². The molecule has 0 amide bonds. The van der Waals surface area contributed by atoms with E-state index in [9.17, 15) is 21.6 Å². The number of rotatable bonds is 3. The number of hydrogen-bond donors (Lipinski definition) is 2. The number of anilines is 1. The van der Waals surface area contributed by atoms with Crippen LogP contribution in [0.1, 0.15) is 5.69 Å². The zero-order valence-corrected chi connectivity index (χ0v) is 10.4. The number of aromatic nitrogens is 2. The Balaban J connectivity index is 2.42. The van der Waals surface area contributed by atoms with E-state index in [1.807, 2.05) is 4.72 Å². The van der Waals surface area contributed by atoms with E-state index in [2.05, 4.69) is 10.2 Å². The molecule has 1 heterocycles. The summed E-state index contributed by atoms with van der Waals surface area (Å²) >= 11 is 0. The lowest BCUT2D eigenvalue weighted by Crippen LogP contribution is -2.15. The van der Waals surface area contributed by atoms with Crippen LogP contribution in [0.3, 0.4) is 0 Å². The van der Waals surface area contributed by atoms with Crippen LogP contribution in [0.5, 0.6) is 0 Å². The second-order valence-corrected chi connectivity index (χ2v) is 5.36. The van der Waals surface area contributed by atoms with Crippen LogP contribution in [-0.2, 0) is 10.0 Å². The summed E-state index contributed by atoms with van der Waals surface area (Å²) < 4.78 is 64.6. The molecule has 102 valence electrons. The fraction of sp³-hybridized carbons (Fsp3) is 0.100. The first-order valence-electron chi connectivity index (χ1n) is 4.98. The third kappa shape index (κ3) is 2.55. The van der Waals surface area contributed by atoms with Gasteiger partial charge in [-0.15, -0.1) is 0 Å². The van der Waals surface area contributed by atoms with Crippen molar-refractivity contribution >= 4 is 15.7 Å². The minimum Gasteiger partial charge on any atom is -0.281 e. The fourth-order valence-electron chi connectivity index (χ4n) is 1.41. The Labute approximate surface area is 106 Å². The largest absolute Gasteiger partial charge is 0.281 e. The summed E-state index contributed by atoms with van der Waals surface area (Å²) in [6.45, 7) is 1.45. The van der Waals surface area contributed by atoms with E-state index in [0.29, 0.717) is 6.07 Å². The van der Waals surface area contributed by atoms with Crippen molar-refractivity contribution in [3.8, 4) is 0 Å². The predicted molar refractivity (Wildman–Crippen MR) is 60.4 cm³/mol. The van der Waals surface area contributed by atoms with Gasteiger partial charge in [0.1, 0.15) is 10.7 Å². The van der Waals surface area contributed by atoms with Gasteiger partial charge in [-0.05, 0) is 6.92 Å². The van der Waals surface area contributed by atoms with Gasteiger partial charge in [-0.1, -0.05) is 0 Å². The number of benzene rings is 1. The summed E-state index contributed by atoms with van der Waals surface area (Å²) in [4.78, 5) is -0.211. The molecular weight excluding hydrogens is 283 g/mol. The molecule has 0 radical (unpaired) electrons. The van der Waals surface area contributed by atoms with Gasteiger partial charge in [0.15, 0.2) is 11.6 Å². The minimum atomic E-state index is -4.13. The van der Waals surface area contributed by atoms with Crippen LogP contribution >= 0.6 is 0 Å². The molecule has 2 N–H and O–H groups in total. The van der Waals surface area contributed by atoms with Crippen LogP contribution in [0.2, 0.25) is 0 Å². The Morgan fingerprint density at radius 3 is 2.37 bits per heavy atom. The Morgan fingerprint density at radius 1 is 1.16 bits per heavy atom. The molecule has 5 nitrogen and oxygen atoms in total. The minimum absolute atomic E-state index is 0.211. The molecule has 0 bridgehead atoms. The quantitative estimate of drug-likeness (QED) is 0.849. The van der Waals surface area contributed by atoms with E-state index in [4.69, 9.17) is 0 Å². The summed E-state index contributed by atoms with van der Waals surface area (Å²) in [5.41, 5.74) is -0.449. The van der Waals surface area contributed by atoms with Crippen molar-refractivity contribution in [1.29, 1.82) is 0 Å². The second-order valence-electron chi connectivity index (χ2n) is 3.71. The molecule has 0 fully saturated rings. The Morgan fingerprint density at radius 2 is 1.79 bits per heavy atom. The summed E-state index contributed by atoms with van der Waals surface area (Å²) in [5.74, 6) is -3.98. The molecule has 0 spiro atoms. The highest BCUT2D eigenvalue weighted by Gasteiger charge is 2.21. The zero-order chi connectivity index (χ0) is 14.2. The van der Waals surface area contributed by atoms with Gasteiger partial charge in [0.05, 0.1) is 17.6 Å².